The Morgan fingerprint density at radius 1 is 1.14 bits per heavy atom. The number of hydrogen-bond donors (Lipinski definition) is 2. The molecule has 1 atom stereocenters. The molecular weight excluding hydrogens is 264 g/mol. The van der Waals surface area contributed by atoms with Gasteiger partial charge < -0.3 is 15.4 Å². The molecule has 0 bridgehead atoms. The molecule has 0 aliphatic rings. The molecule has 4 nitrogen and oxygen atoms in total. The van der Waals surface area contributed by atoms with Crippen LogP contribution in [0.15, 0.2) is 48.5 Å². The zero-order valence-electron chi connectivity index (χ0n) is 12.5. The number of carbonyl (C=O) groups excluding carboxylic acids is 1. The van der Waals surface area contributed by atoms with Crippen LogP contribution in [0.4, 0.5) is 11.4 Å². The zero-order chi connectivity index (χ0) is 15.2. The molecule has 0 heterocycles. The van der Waals surface area contributed by atoms with E-state index < -0.39 is 0 Å². The molecule has 2 rings (SSSR count). The lowest BCUT2D eigenvalue weighted by Gasteiger charge is -2.17. The van der Waals surface area contributed by atoms with Gasteiger partial charge in [0.1, 0.15) is 11.8 Å². The summed E-state index contributed by atoms with van der Waals surface area (Å²) in [5.41, 5.74) is 2.75. The molecule has 2 aromatic carbocycles. The number of hydrogen-bond acceptors (Lipinski definition) is 3. The monoisotopic (exact) mass is 284 g/mol. The SMILES string of the molecule is COc1ccc(NC(C)C(=O)Nc2ccccc2)c(C)c1. The number of nitrogens with one attached hydrogen (secondary N) is 2. The van der Waals surface area contributed by atoms with Crippen molar-refractivity contribution in [2.75, 3.05) is 17.7 Å². The lowest BCUT2D eigenvalue weighted by molar-refractivity contribution is -0.116. The molecule has 110 valence electrons. The molecule has 0 fully saturated rings. The molecule has 0 aliphatic carbocycles. The highest BCUT2D eigenvalue weighted by molar-refractivity contribution is 5.96. The van der Waals surface area contributed by atoms with E-state index in [0.717, 1.165) is 22.7 Å². The van der Waals surface area contributed by atoms with Crippen molar-refractivity contribution in [2.24, 2.45) is 0 Å². The number of ether oxygens (including phenoxy) is 1. The van der Waals surface area contributed by atoms with Gasteiger partial charge in [0.2, 0.25) is 5.91 Å². The maximum Gasteiger partial charge on any atom is 0.246 e. The van der Waals surface area contributed by atoms with Crippen LogP contribution >= 0.6 is 0 Å². The number of para-hydroxylation sites is 1. The summed E-state index contributed by atoms with van der Waals surface area (Å²) in [5, 5.41) is 6.09. The Bertz CT molecular complexity index is 611. The van der Waals surface area contributed by atoms with Crippen LogP contribution in [0, 0.1) is 6.92 Å². The molecule has 1 amide bonds. The standard InChI is InChI=1S/C17H20N2O2/c1-12-11-15(21-3)9-10-16(12)18-13(2)17(20)19-14-7-5-4-6-8-14/h4-11,13,18H,1-3H3,(H,19,20). The summed E-state index contributed by atoms with van der Waals surface area (Å²) in [5.74, 6) is 0.732. The predicted molar refractivity (Wildman–Crippen MR) is 85.9 cm³/mol. The van der Waals surface area contributed by atoms with Crippen molar-refractivity contribution in [2.45, 2.75) is 19.9 Å². The van der Waals surface area contributed by atoms with Gasteiger partial charge in [-0.05, 0) is 49.7 Å². The largest absolute Gasteiger partial charge is 0.497 e. The first kappa shape index (κ1) is 14.9. The number of amides is 1. The molecule has 0 saturated carbocycles. The lowest BCUT2D eigenvalue weighted by atomic mass is 10.1. The molecular formula is C17H20N2O2. The second kappa shape index (κ2) is 6.79. The molecule has 4 heteroatoms. The maximum absolute atomic E-state index is 12.2. The highest BCUT2D eigenvalue weighted by atomic mass is 16.5. The van der Waals surface area contributed by atoms with Crippen molar-refractivity contribution in [1.82, 2.24) is 0 Å². The van der Waals surface area contributed by atoms with Gasteiger partial charge in [0.05, 0.1) is 7.11 Å². The summed E-state index contributed by atoms with van der Waals surface area (Å²) in [6.07, 6.45) is 0. The molecule has 0 aromatic heterocycles. The van der Waals surface area contributed by atoms with E-state index in [1.54, 1.807) is 7.11 Å². The first-order valence-electron chi connectivity index (χ1n) is 6.87. The third-order valence-electron chi connectivity index (χ3n) is 3.24. The first-order valence-corrected chi connectivity index (χ1v) is 6.87. The van der Waals surface area contributed by atoms with E-state index >= 15 is 0 Å². The third-order valence-corrected chi connectivity index (χ3v) is 3.24. The average Bonchev–Trinajstić information content (AvgIpc) is 2.50. The van der Waals surface area contributed by atoms with Crippen molar-refractivity contribution in [3.05, 3.63) is 54.1 Å². The molecule has 0 radical (unpaired) electrons. The lowest BCUT2D eigenvalue weighted by Crippen LogP contribution is -2.32. The highest BCUT2D eigenvalue weighted by Gasteiger charge is 2.13. The van der Waals surface area contributed by atoms with Crippen molar-refractivity contribution in [3.63, 3.8) is 0 Å². The number of rotatable bonds is 5. The Morgan fingerprint density at radius 2 is 1.86 bits per heavy atom. The van der Waals surface area contributed by atoms with Crippen LogP contribution in [0.2, 0.25) is 0 Å². The molecule has 2 aromatic rings. The van der Waals surface area contributed by atoms with Crippen LogP contribution in [-0.2, 0) is 4.79 Å². The van der Waals surface area contributed by atoms with Gasteiger partial charge >= 0.3 is 0 Å². The minimum Gasteiger partial charge on any atom is -0.497 e. The summed E-state index contributed by atoms with van der Waals surface area (Å²) in [6.45, 7) is 3.81. The van der Waals surface area contributed by atoms with Gasteiger partial charge in [0.15, 0.2) is 0 Å². The number of anilines is 2. The molecule has 2 N–H and O–H groups in total. The molecule has 0 saturated heterocycles. The fraction of sp³-hybridized carbons (Fsp3) is 0.235. The van der Waals surface area contributed by atoms with E-state index in [-0.39, 0.29) is 11.9 Å². The smallest absolute Gasteiger partial charge is 0.246 e. The average molecular weight is 284 g/mol. The summed E-state index contributed by atoms with van der Waals surface area (Å²) in [6, 6.07) is 14.8. The molecule has 21 heavy (non-hydrogen) atoms. The van der Waals surface area contributed by atoms with Gasteiger partial charge in [-0.1, -0.05) is 18.2 Å². The van der Waals surface area contributed by atoms with E-state index in [4.69, 9.17) is 4.74 Å². The fourth-order valence-electron chi connectivity index (χ4n) is 2.00. The second-order valence-corrected chi connectivity index (χ2v) is 4.90. The molecule has 1 unspecified atom stereocenters. The second-order valence-electron chi connectivity index (χ2n) is 4.90. The number of methoxy groups -OCH3 is 1. The zero-order valence-corrected chi connectivity index (χ0v) is 12.5. The third kappa shape index (κ3) is 3.99. The van der Waals surface area contributed by atoms with E-state index in [1.165, 1.54) is 0 Å². The molecule has 0 spiro atoms. The van der Waals surface area contributed by atoms with Gasteiger partial charge in [-0.2, -0.15) is 0 Å². The van der Waals surface area contributed by atoms with Gasteiger partial charge in [0.25, 0.3) is 0 Å². The Morgan fingerprint density at radius 3 is 2.48 bits per heavy atom. The van der Waals surface area contributed by atoms with Gasteiger partial charge in [-0.3, -0.25) is 4.79 Å². The Balaban J connectivity index is 2.00. The van der Waals surface area contributed by atoms with Crippen LogP contribution in [0.3, 0.4) is 0 Å². The summed E-state index contributed by atoms with van der Waals surface area (Å²) < 4.78 is 5.17. The molecule has 0 aliphatic heterocycles. The normalized spacial score (nSPS) is 11.6. The van der Waals surface area contributed by atoms with Crippen molar-refractivity contribution in [1.29, 1.82) is 0 Å². The van der Waals surface area contributed by atoms with E-state index in [9.17, 15) is 4.79 Å². The van der Waals surface area contributed by atoms with E-state index in [2.05, 4.69) is 10.6 Å². The van der Waals surface area contributed by atoms with Crippen molar-refractivity contribution >= 4 is 17.3 Å². The Kier molecular flexibility index (Phi) is 4.82. The van der Waals surface area contributed by atoms with Crippen molar-refractivity contribution in [3.8, 4) is 5.75 Å². The Labute approximate surface area is 125 Å². The minimum atomic E-state index is -0.336. The van der Waals surface area contributed by atoms with Crippen LogP contribution in [-0.4, -0.2) is 19.1 Å². The number of aryl methyl sites for hydroxylation is 1. The highest BCUT2D eigenvalue weighted by Crippen LogP contribution is 2.21. The van der Waals surface area contributed by atoms with Crippen LogP contribution < -0.4 is 15.4 Å². The topological polar surface area (TPSA) is 50.4 Å². The van der Waals surface area contributed by atoms with Gasteiger partial charge in [0, 0.05) is 11.4 Å². The Hall–Kier alpha value is -2.49. The fourth-order valence-corrected chi connectivity index (χ4v) is 2.00. The summed E-state index contributed by atoms with van der Waals surface area (Å²) in [4.78, 5) is 12.2. The van der Waals surface area contributed by atoms with Gasteiger partial charge in [-0.15, -0.1) is 0 Å². The van der Waals surface area contributed by atoms with Gasteiger partial charge in [-0.25, -0.2) is 0 Å². The maximum atomic E-state index is 12.2. The predicted octanol–water partition coefficient (Wildman–Crippen LogP) is 3.44. The minimum absolute atomic E-state index is 0.0728. The summed E-state index contributed by atoms with van der Waals surface area (Å²) in [7, 11) is 1.64. The van der Waals surface area contributed by atoms with Crippen molar-refractivity contribution < 1.29 is 9.53 Å². The van der Waals surface area contributed by atoms with Crippen LogP contribution in [0.25, 0.3) is 0 Å². The van der Waals surface area contributed by atoms with Crippen LogP contribution in [0.5, 0.6) is 5.75 Å². The quantitative estimate of drug-likeness (QED) is 0.884. The van der Waals surface area contributed by atoms with E-state index in [0.29, 0.717) is 0 Å². The number of benzene rings is 2. The first-order chi connectivity index (χ1) is 10.1. The van der Waals surface area contributed by atoms with Crippen LogP contribution in [0.1, 0.15) is 12.5 Å². The summed E-state index contributed by atoms with van der Waals surface area (Å²) >= 11 is 0. The number of carbonyl (C=O) groups is 1. The van der Waals surface area contributed by atoms with E-state index in [1.807, 2.05) is 62.4 Å².